The first-order valence-electron chi connectivity index (χ1n) is 20.7. The highest BCUT2D eigenvalue weighted by atomic mass is 15.1. The average Bonchev–Trinajstić information content (AvgIpc) is 3.65. The van der Waals surface area contributed by atoms with Gasteiger partial charge in [-0.25, -0.2) is 0 Å². The summed E-state index contributed by atoms with van der Waals surface area (Å²) in [5.41, 5.74) is 11.8. The van der Waals surface area contributed by atoms with E-state index in [1.54, 1.807) is 0 Å². The van der Waals surface area contributed by atoms with E-state index in [4.69, 9.17) is 0 Å². The summed E-state index contributed by atoms with van der Waals surface area (Å²) >= 11 is 0. The Kier molecular flexibility index (Phi) is 7.89. The molecule has 12 rings (SSSR count). The van der Waals surface area contributed by atoms with Gasteiger partial charge in [-0.1, -0.05) is 176 Å². The third kappa shape index (κ3) is 5.35. The zero-order chi connectivity index (χ0) is 39.6. The molecule has 0 atom stereocenters. The second kappa shape index (κ2) is 13.9. The van der Waals surface area contributed by atoms with Crippen molar-refractivity contribution in [1.82, 2.24) is 4.57 Å². The van der Waals surface area contributed by atoms with Crippen molar-refractivity contribution in [2.75, 3.05) is 4.90 Å². The number of fused-ring (bicyclic) bond motifs is 8. The molecule has 11 aromatic carbocycles. The van der Waals surface area contributed by atoms with Crippen LogP contribution in [0.15, 0.2) is 231 Å². The Bertz CT molecular complexity index is 3540. The van der Waals surface area contributed by atoms with Gasteiger partial charge in [0, 0.05) is 33.2 Å². The van der Waals surface area contributed by atoms with E-state index < -0.39 is 0 Å². The molecule has 0 saturated heterocycles. The van der Waals surface area contributed by atoms with Gasteiger partial charge in [0.2, 0.25) is 0 Å². The average molecular weight is 763 g/mol. The molecule has 60 heavy (non-hydrogen) atoms. The molecule has 12 aromatic rings. The van der Waals surface area contributed by atoms with E-state index in [-0.39, 0.29) is 0 Å². The molecule has 0 spiro atoms. The highest BCUT2D eigenvalue weighted by Gasteiger charge is 2.21. The molecule has 0 radical (unpaired) electrons. The summed E-state index contributed by atoms with van der Waals surface area (Å²) in [7, 11) is 0. The van der Waals surface area contributed by atoms with Gasteiger partial charge in [0.1, 0.15) is 0 Å². The largest absolute Gasteiger partial charge is 0.310 e. The molecule has 1 heterocycles. The first-order chi connectivity index (χ1) is 29.8. The topological polar surface area (TPSA) is 8.17 Å². The predicted molar refractivity (Wildman–Crippen MR) is 256 cm³/mol. The first-order valence-corrected chi connectivity index (χ1v) is 20.7. The van der Waals surface area contributed by atoms with Gasteiger partial charge in [-0.05, 0) is 115 Å². The minimum absolute atomic E-state index is 1.10. The Hall–Kier alpha value is -7.94. The monoisotopic (exact) mass is 762 g/mol. The van der Waals surface area contributed by atoms with Gasteiger partial charge in [-0.3, -0.25) is 0 Å². The van der Waals surface area contributed by atoms with Gasteiger partial charge in [-0.15, -0.1) is 0 Å². The van der Waals surface area contributed by atoms with Gasteiger partial charge >= 0.3 is 0 Å². The van der Waals surface area contributed by atoms with Crippen LogP contribution >= 0.6 is 0 Å². The Balaban J connectivity index is 1.07. The van der Waals surface area contributed by atoms with Crippen LogP contribution in [0.25, 0.3) is 92.8 Å². The van der Waals surface area contributed by atoms with Crippen molar-refractivity contribution in [3.63, 3.8) is 0 Å². The number of rotatable bonds is 6. The summed E-state index contributed by atoms with van der Waals surface area (Å²) in [6.45, 7) is 0. The summed E-state index contributed by atoms with van der Waals surface area (Å²) < 4.78 is 2.44. The van der Waals surface area contributed by atoms with Gasteiger partial charge in [-0.2, -0.15) is 0 Å². The van der Waals surface area contributed by atoms with Crippen molar-refractivity contribution in [3.8, 4) is 27.9 Å². The fourth-order valence-corrected chi connectivity index (χ4v) is 9.76. The summed E-state index contributed by atoms with van der Waals surface area (Å²) in [6.07, 6.45) is 0. The maximum atomic E-state index is 2.44. The summed E-state index contributed by atoms with van der Waals surface area (Å²) in [5, 5.41) is 12.4. The van der Waals surface area contributed by atoms with Crippen LogP contribution in [0.5, 0.6) is 0 Å². The highest BCUT2D eigenvalue weighted by Crippen LogP contribution is 2.46. The lowest BCUT2D eigenvalue weighted by molar-refractivity contribution is 1.17. The third-order valence-corrected chi connectivity index (χ3v) is 12.3. The molecule has 0 unspecified atom stereocenters. The van der Waals surface area contributed by atoms with Crippen molar-refractivity contribution in [2.45, 2.75) is 0 Å². The maximum Gasteiger partial charge on any atom is 0.0546 e. The zero-order valence-electron chi connectivity index (χ0n) is 32.8. The molecule has 0 N–H and O–H groups in total. The molecule has 0 aliphatic carbocycles. The number of para-hydroxylation sites is 2. The standard InChI is InChI=1S/C58H38N2/c1-3-18-39(19-4-1)57-49-29-11-13-31-51(49)58(52-32-14-12-30-50(52)57)41-34-35-55-53(36-41)48-28-15-16-33-54(48)60(55)44-24-17-23-43(38-44)59(42-21-5-2-6-22-42)56-37-40-20-7-8-25-45(40)46-26-9-10-27-47(46)56/h1-38H. The SMILES string of the molecule is c1ccc(-c2c3ccccc3c(-c3ccc4c(c3)c3ccccc3n4-c3cccc(N(c4ccccc4)c4cc5ccccc5c5ccccc45)c3)c3ccccc23)cc1. The molecule has 2 heteroatoms. The molecule has 280 valence electrons. The zero-order valence-corrected chi connectivity index (χ0v) is 32.8. The minimum Gasteiger partial charge on any atom is -0.310 e. The lowest BCUT2D eigenvalue weighted by Crippen LogP contribution is -2.11. The second-order valence-electron chi connectivity index (χ2n) is 15.6. The molecular formula is C58H38N2. The molecule has 0 amide bonds. The third-order valence-electron chi connectivity index (χ3n) is 12.3. The van der Waals surface area contributed by atoms with Crippen LogP contribution in [0, 0.1) is 0 Å². The van der Waals surface area contributed by atoms with Crippen LogP contribution in [0.4, 0.5) is 17.1 Å². The van der Waals surface area contributed by atoms with E-state index in [1.807, 2.05) is 0 Å². The van der Waals surface area contributed by atoms with Crippen molar-refractivity contribution >= 4 is 82.0 Å². The van der Waals surface area contributed by atoms with Gasteiger partial charge in [0.25, 0.3) is 0 Å². The van der Waals surface area contributed by atoms with Crippen molar-refractivity contribution in [1.29, 1.82) is 0 Å². The molecule has 0 bridgehead atoms. The molecule has 0 saturated carbocycles. The summed E-state index contributed by atoms with van der Waals surface area (Å²) in [5.74, 6) is 0. The van der Waals surface area contributed by atoms with E-state index in [0.717, 1.165) is 22.7 Å². The van der Waals surface area contributed by atoms with Crippen molar-refractivity contribution in [3.05, 3.63) is 231 Å². The Morgan fingerprint density at radius 3 is 1.50 bits per heavy atom. The normalized spacial score (nSPS) is 11.7. The maximum absolute atomic E-state index is 2.44. The number of hydrogen-bond acceptors (Lipinski definition) is 1. The Morgan fingerprint density at radius 1 is 0.283 bits per heavy atom. The quantitative estimate of drug-likeness (QED) is 0.121. The smallest absolute Gasteiger partial charge is 0.0546 e. The Labute approximate surface area is 348 Å². The molecule has 0 aliphatic rings. The van der Waals surface area contributed by atoms with Gasteiger partial charge in [0.15, 0.2) is 0 Å². The second-order valence-corrected chi connectivity index (χ2v) is 15.6. The molecule has 2 nitrogen and oxygen atoms in total. The predicted octanol–water partition coefficient (Wildman–Crippen LogP) is 16.2. The number of nitrogens with zero attached hydrogens (tertiary/aromatic N) is 2. The fraction of sp³-hybridized carbons (Fsp3) is 0. The number of aromatic nitrogens is 1. The van der Waals surface area contributed by atoms with Crippen molar-refractivity contribution in [2.24, 2.45) is 0 Å². The minimum atomic E-state index is 1.10. The molecular weight excluding hydrogens is 725 g/mol. The van der Waals surface area contributed by atoms with E-state index in [9.17, 15) is 0 Å². The van der Waals surface area contributed by atoms with Crippen LogP contribution in [0.1, 0.15) is 0 Å². The number of hydrogen-bond donors (Lipinski definition) is 0. The van der Waals surface area contributed by atoms with E-state index in [0.29, 0.717) is 0 Å². The van der Waals surface area contributed by atoms with Crippen LogP contribution in [-0.4, -0.2) is 4.57 Å². The van der Waals surface area contributed by atoms with Crippen LogP contribution in [0.3, 0.4) is 0 Å². The first kappa shape index (κ1) is 34.1. The number of anilines is 3. The summed E-state index contributed by atoms with van der Waals surface area (Å²) in [6, 6.07) is 84.2. The van der Waals surface area contributed by atoms with E-state index in [2.05, 4.69) is 240 Å². The molecule has 0 fully saturated rings. The van der Waals surface area contributed by atoms with Gasteiger partial charge in [0.05, 0.1) is 16.7 Å². The van der Waals surface area contributed by atoms with Crippen LogP contribution in [-0.2, 0) is 0 Å². The van der Waals surface area contributed by atoms with Crippen molar-refractivity contribution < 1.29 is 0 Å². The molecule has 1 aromatic heterocycles. The lowest BCUT2D eigenvalue weighted by atomic mass is 9.86. The summed E-state index contributed by atoms with van der Waals surface area (Å²) in [4.78, 5) is 2.42. The number of benzene rings is 11. The van der Waals surface area contributed by atoms with Crippen LogP contribution in [0.2, 0.25) is 0 Å². The fourth-order valence-electron chi connectivity index (χ4n) is 9.76. The highest BCUT2D eigenvalue weighted by molar-refractivity contribution is 6.22. The van der Waals surface area contributed by atoms with E-state index >= 15 is 0 Å². The lowest BCUT2D eigenvalue weighted by Gasteiger charge is -2.28. The van der Waals surface area contributed by atoms with E-state index in [1.165, 1.54) is 87.1 Å². The van der Waals surface area contributed by atoms with Crippen LogP contribution < -0.4 is 4.90 Å². The molecule has 0 aliphatic heterocycles. The van der Waals surface area contributed by atoms with Gasteiger partial charge < -0.3 is 9.47 Å². The Morgan fingerprint density at radius 2 is 0.800 bits per heavy atom.